The van der Waals surface area contributed by atoms with Crippen molar-refractivity contribution in [2.24, 2.45) is 0 Å². The Balaban J connectivity index is 1.70. The van der Waals surface area contributed by atoms with Gasteiger partial charge in [0.25, 0.3) is 0 Å². The van der Waals surface area contributed by atoms with Gasteiger partial charge in [-0.05, 0) is 35.4 Å². The third-order valence-electron chi connectivity index (χ3n) is 3.88. The number of nitrogens with one attached hydrogen (secondary N) is 1. The zero-order chi connectivity index (χ0) is 16.8. The lowest BCUT2D eigenvalue weighted by molar-refractivity contribution is -0.121. The zero-order valence-electron chi connectivity index (χ0n) is 13.1. The molecule has 1 heterocycles. The van der Waals surface area contributed by atoms with Crippen LogP contribution in [0.15, 0.2) is 77.4 Å². The summed E-state index contributed by atoms with van der Waals surface area (Å²) in [7, 11) is 0. The van der Waals surface area contributed by atoms with Gasteiger partial charge >= 0.3 is 0 Å². The van der Waals surface area contributed by atoms with Crippen LogP contribution in [0, 0.1) is 5.82 Å². The minimum absolute atomic E-state index is 0.0791. The molecule has 24 heavy (non-hydrogen) atoms. The Morgan fingerprint density at radius 2 is 1.75 bits per heavy atom. The molecule has 1 N–H and O–H groups in total. The Bertz CT molecular complexity index is 767. The molecule has 3 aromatic rings. The van der Waals surface area contributed by atoms with Crippen molar-refractivity contribution in [2.45, 2.75) is 18.9 Å². The fraction of sp³-hybridized carbons (Fsp3) is 0.150. The van der Waals surface area contributed by atoms with E-state index < -0.39 is 0 Å². The summed E-state index contributed by atoms with van der Waals surface area (Å²) in [5.41, 5.74) is 1.89. The molecule has 0 bridgehead atoms. The van der Waals surface area contributed by atoms with E-state index in [9.17, 15) is 9.18 Å². The Morgan fingerprint density at radius 3 is 2.42 bits per heavy atom. The molecule has 0 radical (unpaired) electrons. The van der Waals surface area contributed by atoms with E-state index >= 15 is 0 Å². The molecule has 2 aromatic carbocycles. The Kier molecular flexibility index (Phi) is 5.06. The number of hydrogen-bond acceptors (Lipinski definition) is 2. The molecule has 1 aromatic heterocycles. The van der Waals surface area contributed by atoms with Crippen LogP contribution in [0.2, 0.25) is 0 Å². The molecular weight excluding hydrogens is 305 g/mol. The summed E-state index contributed by atoms with van der Waals surface area (Å²) in [4.78, 5) is 12.3. The van der Waals surface area contributed by atoms with E-state index in [0.29, 0.717) is 12.3 Å². The van der Waals surface area contributed by atoms with Crippen molar-refractivity contribution in [1.82, 2.24) is 5.32 Å². The molecule has 3 rings (SSSR count). The number of rotatable bonds is 6. The molecule has 0 spiro atoms. The van der Waals surface area contributed by atoms with Crippen molar-refractivity contribution in [3.63, 3.8) is 0 Å². The molecule has 0 fully saturated rings. The van der Waals surface area contributed by atoms with E-state index in [1.54, 1.807) is 24.5 Å². The largest absolute Gasteiger partial charge is 0.469 e. The van der Waals surface area contributed by atoms with Gasteiger partial charge in [-0.25, -0.2) is 4.39 Å². The van der Waals surface area contributed by atoms with Crippen molar-refractivity contribution in [3.8, 4) is 0 Å². The average molecular weight is 323 g/mol. The second-order valence-corrected chi connectivity index (χ2v) is 5.59. The number of carbonyl (C=O) groups is 1. The van der Waals surface area contributed by atoms with Crippen LogP contribution in [-0.2, 0) is 11.3 Å². The first-order valence-corrected chi connectivity index (χ1v) is 7.82. The first-order valence-electron chi connectivity index (χ1n) is 7.82. The Hall–Kier alpha value is -2.88. The lowest BCUT2D eigenvalue weighted by atomic mass is 9.93. The molecule has 0 aliphatic carbocycles. The van der Waals surface area contributed by atoms with Crippen molar-refractivity contribution in [1.29, 1.82) is 0 Å². The molecule has 1 atom stereocenters. The fourth-order valence-electron chi connectivity index (χ4n) is 2.62. The zero-order valence-corrected chi connectivity index (χ0v) is 13.1. The van der Waals surface area contributed by atoms with E-state index in [4.69, 9.17) is 4.42 Å². The molecule has 3 nitrogen and oxygen atoms in total. The third kappa shape index (κ3) is 4.10. The molecule has 0 saturated heterocycles. The maximum Gasteiger partial charge on any atom is 0.221 e. The summed E-state index contributed by atoms with van der Waals surface area (Å²) in [5, 5.41) is 2.92. The lowest BCUT2D eigenvalue weighted by Gasteiger charge is -2.15. The number of halogens is 1. The molecule has 0 aliphatic rings. The number of furan rings is 1. The van der Waals surface area contributed by atoms with Crippen LogP contribution in [0.25, 0.3) is 0 Å². The highest BCUT2D eigenvalue weighted by Gasteiger charge is 2.20. The second kappa shape index (κ2) is 7.59. The summed E-state index contributed by atoms with van der Waals surface area (Å²) in [6, 6.07) is 19.5. The van der Waals surface area contributed by atoms with Crippen molar-refractivity contribution >= 4 is 5.91 Å². The molecule has 0 unspecified atom stereocenters. The first-order chi connectivity index (χ1) is 11.7. The monoisotopic (exact) mass is 323 g/mol. The van der Waals surface area contributed by atoms with Gasteiger partial charge in [-0.1, -0.05) is 42.5 Å². The van der Waals surface area contributed by atoms with Gasteiger partial charge in [-0.2, -0.15) is 0 Å². The van der Waals surface area contributed by atoms with Crippen molar-refractivity contribution in [2.75, 3.05) is 0 Å². The number of amides is 1. The maximum absolute atomic E-state index is 13.2. The first kappa shape index (κ1) is 16.0. The van der Waals surface area contributed by atoms with Crippen molar-refractivity contribution in [3.05, 3.63) is 95.7 Å². The van der Waals surface area contributed by atoms with E-state index in [0.717, 1.165) is 11.1 Å². The summed E-state index contributed by atoms with van der Waals surface area (Å²) in [5.74, 6) is 0.0721. The van der Waals surface area contributed by atoms with Gasteiger partial charge in [0.1, 0.15) is 11.6 Å². The highest BCUT2D eigenvalue weighted by Crippen LogP contribution is 2.28. The minimum atomic E-state index is -0.300. The van der Waals surface area contributed by atoms with Crippen LogP contribution in [0.5, 0.6) is 0 Å². The highest BCUT2D eigenvalue weighted by molar-refractivity contribution is 5.77. The third-order valence-corrected chi connectivity index (χ3v) is 3.88. The Labute approximate surface area is 140 Å². The van der Waals surface area contributed by atoms with Crippen molar-refractivity contribution < 1.29 is 13.6 Å². The normalized spacial score (nSPS) is 11.9. The van der Waals surface area contributed by atoms with Gasteiger partial charge in [-0.3, -0.25) is 4.79 Å². The topological polar surface area (TPSA) is 42.2 Å². The summed E-state index contributed by atoms with van der Waals surface area (Å²) < 4.78 is 18.6. The highest BCUT2D eigenvalue weighted by atomic mass is 19.1. The van der Waals surface area contributed by atoms with Gasteiger partial charge in [0.15, 0.2) is 0 Å². The van der Waals surface area contributed by atoms with E-state index in [1.807, 2.05) is 36.4 Å². The molecule has 0 saturated carbocycles. The van der Waals surface area contributed by atoms with Crippen LogP contribution in [0.1, 0.15) is 29.2 Å². The standard InChI is InChI=1S/C20H18FNO2/c21-17-10-8-16(9-11-17)18(19-7-4-12-24-19)13-20(23)22-14-15-5-2-1-3-6-15/h1-12,18H,13-14H2,(H,22,23)/t18-/m0/s1. The second-order valence-electron chi connectivity index (χ2n) is 5.59. The van der Waals surface area contributed by atoms with Gasteiger partial charge in [0.05, 0.1) is 12.2 Å². The van der Waals surface area contributed by atoms with Crippen LogP contribution in [0.4, 0.5) is 4.39 Å². The van der Waals surface area contributed by atoms with Crippen LogP contribution in [0.3, 0.4) is 0 Å². The molecule has 1 amide bonds. The minimum Gasteiger partial charge on any atom is -0.469 e. The summed E-state index contributed by atoms with van der Waals surface area (Å²) in [6.07, 6.45) is 1.82. The quantitative estimate of drug-likeness (QED) is 0.736. The number of benzene rings is 2. The van der Waals surface area contributed by atoms with Gasteiger partial charge < -0.3 is 9.73 Å². The van der Waals surface area contributed by atoms with E-state index in [2.05, 4.69) is 5.32 Å². The fourth-order valence-corrected chi connectivity index (χ4v) is 2.62. The van der Waals surface area contributed by atoms with Crippen LogP contribution in [-0.4, -0.2) is 5.91 Å². The van der Waals surface area contributed by atoms with Crippen LogP contribution < -0.4 is 5.32 Å². The lowest BCUT2D eigenvalue weighted by Crippen LogP contribution is -2.24. The Morgan fingerprint density at radius 1 is 1.00 bits per heavy atom. The molecule has 4 heteroatoms. The van der Waals surface area contributed by atoms with Gasteiger partial charge in [0, 0.05) is 13.0 Å². The summed E-state index contributed by atoms with van der Waals surface area (Å²) in [6.45, 7) is 0.480. The van der Waals surface area contributed by atoms with Gasteiger partial charge in [-0.15, -0.1) is 0 Å². The molecular formula is C20H18FNO2. The smallest absolute Gasteiger partial charge is 0.221 e. The average Bonchev–Trinajstić information content (AvgIpc) is 3.14. The predicted molar refractivity (Wildman–Crippen MR) is 89.9 cm³/mol. The van der Waals surface area contributed by atoms with Crippen LogP contribution >= 0.6 is 0 Å². The predicted octanol–water partition coefficient (Wildman–Crippen LogP) is 4.26. The van der Waals surface area contributed by atoms with E-state index in [1.165, 1.54) is 12.1 Å². The summed E-state index contributed by atoms with van der Waals surface area (Å²) >= 11 is 0. The number of hydrogen-bond donors (Lipinski definition) is 1. The van der Waals surface area contributed by atoms with E-state index in [-0.39, 0.29) is 24.1 Å². The maximum atomic E-state index is 13.2. The molecule has 122 valence electrons. The number of carbonyl (C=O) groups excluding carboxylic acids is 1. The van der Waals surface area contributed by atoms with Gasteiger partial charge in [0.2, 0.25) is 5.91 Å². The SMILES string of the molecule is O=C(C[C@@H](c1ccc(F)cc1)c1ccco1)NCc1ccccc1. The molecule has 0 aliphatic heterocycles.